The van der Waals surface area contributed by atoms with Crippen LogP contribution in [0, 0.1) is 22.0 Å². The van der Waals surface area contributed by atoms with Gasteiger partial charge in [0.25, 0.3) is 0 Å². The Kier molecular flexibility index (Phi) is 7.19. The highest BCUT2D eigenvalue weighted by atomic mass is 32.2. The molecule has 1 aliphatic rings. The van der Waals surface area contributed by atoms with Gasteiger partial charge < -0.3 is 9.47 Å². The highest BCUT2D eigenvalue weighted by Crippen LogP contribution is 2.36. The second-order valence-corrected chi connectivity index (χ2v) is 9.28. The lowest BCUT2D eigenvalue weighted by Gasteiger charge is -2.26. The van der Waals surface area contributed by atoms with Crippen molar-refractivity contribution < 1.29 is 27.6 Å². The molecular formula is C22H23NO7S. The number of esters is 1. The molecule has 2 aromatic carbocycles. The van der Waals surface area contributed by atoms with E-state index in [0.717, 1.165) is 5.56 Å². The van der Waals surface area contributed by atoms with E-state index < -0.39 is 44.0 Å². The summed E-state index contributed by atoms with van der Waals surface area (Å²) in [4.78, 5) is 22.5. The minimum Gasteiger partial charge on any atom is -0.458 e. The van der Waals surface area contributed by atoms with Gasteiger partial charge in [-0.2, -0.15) is 0 Å². The zero-order valence-electron chi connectivity index (χ0n) is 16.9. The second kappa shape index (κ2) is 9.84. The lowest BCUT2D eigenvalue weighted by molar-refractivity contribution is -0.505. The van der Waals surface area contributed by atoms with Gasteiger partial charge in [-0.15, -0.1) is 0 Å². The standard InChI is InChI=1S/C22H23NO7S/c1-16(24)30-21-13-12-19(20(21)15-29-14-17-8-4-2-5-9-17)22(23(25)26)31(27,28)18-10-6-3-7-11-18/h2-13,19-22H,14-15H2,1H3/t19?,20-,21-,22-/m1/s1. The maximum absolute atomic E-state index is 13.1. The van der Waals surface area contributed by atoms with E-state index in [1.54, 1.807) is 6.07 Å². The molecule has 0 spiro atoms. The highest BCUT2D eigenvalue weighted by Gasteiger charge is 2.51. The lowest BCUT2D eigenvalue weighted by Crippen LogP contribution is -2.42. The van der Waals surface area contributed by atoms with E-state index in [4.69, 9.17) is 9.47 Å². The molecule has 0 amide bonds. The molecule has 164 valence electrons. The summed E-state index contributed by atoms with van der Waals surface area (Å²) in [6.07, 6.45) is 2.13. The van der Waals surface area contributed by atoms with Crippen LogP contribution in [0.4, 0.5) is 0 Å². The monoisotopic (exact) mass is 445 g/mol. The maximum Gasteiger partial charge on any atom is 0.321 e. The van der Waals surface area contributed by atoms with Crippen molar-refractivity contribution in [3.63, 3.8) is 0 Å². The van der Waals surface area contributed by atoms with Gasteiger partial charge in [0.15, 0.2) is 0 Å². The molecule has 0 aromatic heterocycles. The van der Waals surface area contributed by atoms with Gasteiger partial charge in [0.1, 0.15) is 6.10 Å². The number of rotatable bonds is 9. The SMILES string of the molecule is CC(=O)O[C@@H]1C=CC([C@H]([N+](=O)[O-])S(=O)(=O)c2ccccc2)[C@H]1COCc1ccccc1. The Morgan fingerprint density at radius 3 is 2.26 bits per heavy atom. The molecule has 0 radical (unpaired) electrons. The van der Waals surface area contributed by atoms with Gasteiger partial charge in [-0.25, -0.2) is 8.42 Å². The first-order chi connectivity index (χ1) is 14.8. The zero-order valence-corrected chi connectivity index (χ0v) is 17.7. The van der Waals surface area contributed by atoms with Crippen LogP contribution in [0.5, 0.6) is 0 Å². The molecule has 4 atom stereocenters. The van der Waals surface area contributed by atoms with Gasteiger partial charge in [-0.05, 0) is 23.8 Å². The van der Waals surface area contributed by atoms with Gasteiger partial charge in [-0.1, -0.05) is 54.6 Å². The number of carbonyl (C=O) groups excluding carboxylic acids is 1. The summed E-state index contributed by atoms with van der Waals surface area (Å²) in [6.45, 7) is 1.46. The minimum atomic E-state index is -4.29. The Bertz CT molecular complexity index is 1040. The topological polar surface area (TPSA) is 113 Å². The molecule has 8 nitrogen and oxygen atoms in total. The number of hydrogen-bond acceptors (Lipinski definition) is 7. The first-order valence-corrected chi connectivity index (χ1v) is 11.2. The lowest BCUT2D eigenvalue weighted by atomic mass is 9.94. The number of hydrogen-bond donors (Lipinski definition) is 0. The zero-order chi connectivity index (χ0) is 22.4. The third-order valence-corrected chi connectivity index (χ3v) is 7.14. The first-order valence-electron chi connectivity index (χ1n) is 9.70. The van der Waals surface area contributed by atoms with Crippen LogP contribution in [0.15, 0.2) is 77.7 Å². The van der Waals surface area contributed by atoms with Crippen LogP contribution in [0.1, 0.15) is 12.5 Å². The number of ether oxygens (including phenoxy) is 2. The number of carbonyl (C=O) groups is 1. The predicted molar refractivity (Wildman–Crippen MR) is 112 cm³/mol. The van der Waals surface area contributed by atoms with Crippen molar-refractivity contribution >= 4 is 15.8 Å². The number of sulfone groups is 1. The average molecular weight is 445 g/mol. The Hall–Kier alpha value is -3.04. The van der Waals surface area contributed by atoms with E-state index in [2.05, 4.69) is 0 Å². The van der Waals surface area contributed by atoms with Gasteiger partial charge in [0.05, 0.1) is 24.0 Å². The quantitative estimate of drug-likeness (QED) is 0.252. The molecule has 0 saturated heterocycles. The normalized spacial score (nSPS) is 21.5. The van der Waals surface area contributed by atoms with Crippen LogP contribution in [-0.4, -0.2) is 37.4 Å². The molecule has 0 heterocycles. The van der Waals surface area contributed by atoms with Crippen molar-refractivity contribution in [2.75, 3.05) is 6.61 Å². The van der Waals surface area contributed by atoms with Crippen LogP contribution in [0.2, 0.25) is 0 Å². The van der Waals surface area contributed by atoms with Crippen molar-refractivity contribution in [2.24, 2.45) is 11.8 Å². The molecule has 0 aliphatic heterocycles. The van der Waals surface area contributed by atoms with E-state index in [1.807, 2.05) is 30.3 Å². The van der Waals surface area contributed by atoms with Crippen molar-refractivity contribution in [3.05, 3.63) is 88.5 Å². The summed E-state index contributed by atoms with van der Waals surface area (Å²) < 4.78 is 37.2. The molecule has 0 saturated carbocycles. The fourth-order valence-corrected chi connectivity index (χ4v) is 5.42. The molecule has 31 heavy (non-hydrogen) atoms. The smallest absolute Gasteiger partial charge is 0.321 e. The Morgan fingerprint density at radius 2 is 1.68 bits per heavy atom. The summed E-state index contributed by atoms with van der Waals surface area (Å²) in [5.74, 6) is -2.31. The largest absolute Gasteiger partial charge is 0.458 e. The van der Waals surface area contributed by atoms with Crippen molar-refractivity contribution in [3.8, 4) is 0 Å². The summed E-state index contributed by atoms with van der Waals surface area (Å²) in [6, 6.07) is 16.6. The molecule has 3 rings (SSSR count). The van der Waals surface area contributed by atoms with Gasteiger partial charge in [0.2, 0.25) is 9.84 Å². The number of nitro groups is 1. The molecular weight excluding hydrogens is 422 g/mol. The Balaban J connectivity index is 1.86. The van der Waals surface area contributed by atoms with Gasteiger partial charge in [0, 0.05) is 17.8 Å². The van der Waals surface area contributed by atoms with E-state index in [1.165, 1.54) is 43.3 Å². The van der Waals surface area contributed by atoms with Crippen molar-refractivity contribution in [1.82, 2.24) is 0 Å². The molecule has 0 bridgehead atoms. The van der Waals surface area contributed by atoms with E-state index in [0.29, 0.717) is 0 Å². The Morgan fingerprint density at radius 1 is 1.06 bits per heavy atom. The number of benzene rings is 2. The van der Waals surface area contributed by atoms with Crippen LogP contribution in [-0.2, 0) is 30.7 Å². The van der Waals surface area contributed by atoms with E-state index in [-0.39, 0.29) is 18.1 Å². The third-order valence-electron chi connectivity index (χ3n) is 5.09. The van der Waals surface area contributed by atoms with Crippen LogP contribution in [0.25, 0.3) is 0 Å². The molecule has 0 fully saturated rings. The molecule has 0 N–H and O–H groups in total. The molecule has 9 heteroatoms. The molecule has 1 unspecified atom stereocenters. The molecule has 1 aliphatic carbocycles. The van der Waals surface area contributed by atoms with E-state index in [9.17, 15) is 23.3 Å². The summed E-state index contributed by atoms with van der Waals surface area (Å²) in [5, 5.41) is 9.99. The van der Waals surface area contributed by atoms with Gasteiger partial charge >= 0.3 is 11.3 Å². The Labute approximate surface area is 180 Å². The number of nitrogens with zero attached hydrogens (tertiary/aromatic N) is 1. The maximum atomic E-state index is 13.1. The highest BCUT2D eigenvalue weighted by molar-refractivity contribution is 7.91. The predicted octanol–water partition coefficient (Wildman–Crippen LogP) is 3.01. The fourth-order valence-electron chi connectivity index (χ4n) is 3.67. The summed E-state index contributed by atoms with van der Waals surface area (Å²) in [7, 11) is -4.29. The van der Waals surface area contributed by atoms with E-state index >= 15 is 0 Å². The van der Waals surface area contributed by atoms with Gasteiger partial charge in [-0.3, -0.25) is 14.9 Å². The van der Waals surface area contributed by atoms with Crippen LogP contribution in [0.3, 0.4) is 0 Å². The average Bonchev–Trinajstić information content (AvgIpc) is 3.10. The minimum absolute atomic E-state index is 0.0147. The van der Waals surface area contributed by atoms with Crippen LogP contribution >= 0.6 is 0 Å². The summed E-state index contributed by atoms with van der Waals surface area (Å²) in [5.41, 5.74) is 0.900. The second-order valence-electron chi connectivity index (χ2n) is 7.23. The summed E-state index contributed by atoms with van der Waals surface area (Å²) >= 11 is 0. The first kappa shape index (κ1) is 22.6. The van der Waals surface area contributed by atoms with Crippen molar-refractivity contribution in [2.45, 2.75) is 29.9 Å². The molecule has 2 aromatic rings. The third kappa shape index (κ3) is 5.36. The van der Waals surface area contributed by atoms with Crippen molar-refractivity contribution in [1.29, 1.82) is 0 Å². The fraction of sp³-hybridized carbons (Fsp3) is 0.318. The van der Waals surface area contributed by atoms with Crippen LogP contribution < -0.4 is 0 Å².